The van der Waals surface area contributed by atoms with Gasteiger partial charge in [-0.2, -0.15) is 0 Å². The Morgan fingerprint density at radius 2 is 2.07 bits per heavy atom. The Balaban J connectivity index is 3.08. The van der Waals surface area contributed by atoms with E-state index in [4.69, 9.17) is 4.74 Å². The van der Waals surface area contributed by atoms with Crippen LogP contribution in [0, 0.1) is 6.07 Å². The van der Waals surface area contributed by atoms with E-state index in [0.717, 1.165) is 24.2 Å². The molecule has 0 aliphatic rings. The third-order valence-corrected chi connectivity index (χ3v) is 2.15. The van der Waals surface area contributed by atoms with E-state index in [1.807, 2.05) is 31.2 Å². The summed E-state index contributed by atoms with van der Waals surface area (Å²) in [5.41, 5.74) is 2.32. The number of hydrogen-bond acceptors (Lipinski definition) is 1. The van der Waals surface area contributed by atoms with Gasteiger partial charge >= 0.3 is 0 Å². The summed E-state index contributed by atoms with van der Waals surface area (Å²) in [6, 6.07) is 7.08. The van der Waals surface area contributed by atoms with E-state index >= 15 is 0 Å². The first-order valence-corrected chi connectivity index (χ1v) is 5.20. The van der Waals surface area contributed by atoms with Crippen molar-refractivity contribution in [1.82, 2.24) is 0 Å². The summed E-state index contributed by atoms with van der Waals surface area (Å²) < 4.78 is 5.57. The van der Waals surface area contributed by atoms with Crippen LogP contribution < -0.4 is 4.74 Å². The minimum Gasteiger partial charge on any atom is -0.494 e. The first kappa shape index (κ1) is 11.6. The molecule has 1 heteroatoms. The van der Waals surface area contributed by atoms with Crippen LogP contribution in [0.3, 0.4) is 0 Å². The van der Waals surface area contributed by atoms with Crippen LogP contribution in [0.1, 0.15) is 18.1 Å². The zero-order chi connectivity index (χ0) is 11.1. The van der Waals surface area contributed by atoms with Crippen molar-refractivity contribution in [1.29, 1.82) is 0 Å². The van der Waals surface area contributed by atoms with E-state index in [9.17, 15) is 0 Å². The fourth-order valence-electron chi connectivity index (χ4n) is 1.54. The summed E-state index contributed by atoms with van der Waals surface area (Å²) in [5.74, 6) is 0.938. The second-order valence-electron chi connectivity index (χ2n) is 3.22. The van der Waals surface area contributed by atoms with Crippen molar-refractivity contribution in [3.05, 3.63) is 54.6 Å². The van der Waals surface area contributed by atoms with Gasteiger partial charge in [0.1, 0.15) is 5.75 Å². The van der Waals surface area contributed by atoms with Crippen LogP contribution in [0.15, 0.2) is 37.4 Å². The number of hydrogen-bond donors (Lipinski definition) is 0. The van der Waals surface area contributed by atoms with Crippen molar-refractivity contribution in [2.45, 2.75) is 19.8 Å². The van der Waals surface area contributed by atoms with E-state index in [1.54, 1.807) is 0 Å². The van der Waals surface area contributed by atoms with E-state index in [1.165, 1.54) is 5.56 Å². The minimum absolute atomic E-state index is 0.682. The molecule has 0 aromatic heterocycles. The van der Waals surface area contributed by atoms with Crippen LogP contribution in [0.5, 0.6) is 5.75 Å². The van der Waals surface area contributed by atoms with E-state index in [0.29, 0.717) is 6.61 Å². The van der Waals surface area contributed by atoms with Crippen molar-refractivity contribution < 1.29 is 4.74 Å². The Bertz CT molecular complexity index is 339. The smallest absolute Gasteiger partial charge is 0.123 e. The highest BCUT2D eigenvalue weighted by molar-refractivity contribution is 5.41. The van der Waals surface area contributed by atoms with Gasteiger partial charge in [-0.25, -0.2) is 0 Å². The molecule has 15 heavy (non-hydrogen) atoms. The van der Waals surface area contributed by atoms with E-state index in [-0.39, 0.29) is 0 Å². The molecule has 0 atom stereocenters. The Labute approximate surface area is 92.1 Å². The lowest BCUT2D eigenvalue weighted by molar-refractivity contribution is 0.337. The average molecular weight is 201 g/mol. The topological polar surface area (TPSA) is 9.23 Å². The Morgan fingerprint density at radius 3 is 2.67 bits per heavy atom. The van der Waals surface area contributed by atoms with Crippen molar-refractivity contribution in [2.75, 3.05) is 6.61 Å². The molecule has 0 saturated heterocycles. The zero-order valence-electron chi connectivity index (χ0n) is 9.25. The van der Waals surface area contributed by atoms with Crippen molar-refractivity contribution in [3.63, 3.8) is 0 Å². The van der Waals surface area contributed by atoms with Gasteiger partial charge in [-0.15, -0.1) is 13.2 Å². The predicted molar refractivity (Wildman–Crippen MR) is 64.2 cm³/mol. The summed E-state index contributed by atoms with van der Waals surface area (Å²) in [4.78, 5) is 0. The van der Waals surface area contributed by atoms with Crippen LogP contribution in [-0.4, -0.2) is 6.61 Å². The van der Waals surface area contributed by atoms with Gasteiger partial charge in [-0.3, -0.25) is 0 Å². The van der Waals surface area contributed by atoms with Crippen molar-refractivity contribution in [2.24, 2.45) is 0 Å². The quantitative estimate of drug-likeness (QED) is 0.641. The van der Waals surface area contributed by atoms with Gasteiger partial charge in [0.05, 0.1) is 6.61 Å². The second-order valence-corrected chi connectivity index (χ2v) is 3.22. The average Bonchev–Trinajstić information content (AvgIpc) is 2.23. The third-order valence-electron chi connectivity index (χ3n) is 2.15. The number of allylic oxidation sites excluding steroid dienone is 2. The molecule has 79 valence electrons. The molecule has 0 bridgehead atoms. The highest BCUT2D eigenvalue weighted by atomic mass is 16.5. The Morgan fingerprint density at radius 1 is 1.33 bits per heavy atom. The van der Waals surface area contributed by atoms with Gasteiger partial charge in [0.15, 0.2) is 0 Å². The van der Waals surface area contributed by atoms with Crippen LogP contribution in [0.4, 0.5) is 0 Å². The number of rotatable bonds is 6. The maximum atomic E-state index is 5.57. The zero-order valence-corrected chi connectivity index (χ0v) is 9.25. The van der Waals surface area contributed by atoms with Crippen molar-refractivity contribution in [3.8, 4) is 5.75 Å². The van der Waals surface area contributed by atoms with Crippen molar-refractivity contribution >= 4 is 0 Å². The van der Waals surface area contributed by atoms with Gasteiger partial charge in [-0.1, -0.05) is 18.2 Å². The molecular weight excluding hydrogens is 184 g/mol. The lowest BCUT2D eigenvalue weighted by Crippen LogP contribution is -2.00. The summed E-state index contributed by atoms with van der Waals surface area (Å²) in [6.45, 7) is 10.2. The molecule has 0 unspecified atom stereocenters. The molecule has 0 aliphatic heterocycles. The highest BCUT2D eigenvalue weighted by Gasteiger charge is 2.06. The second kappa shape index (κ2) is 6.07. The lowest BCUT2D eigenvalue weighted by atomic mass is 10.0. The normalized spacial score (nSPS) is 9.67. The first-order valence-electron chi connectivity index (χ1n) is 5.20. The van der Waals surface area contributed by atoms with Gasteiger partial charge in [0, 0.05) is 5.56 Å². The fourth-order valence-corrected chi connectivity index (χ4v) is 1.54. The van der Waals surface area contributed by atoms with E-state index < -0.39 is 0 Å². The molecule has 0 aliphatic carbocycles. The maximum absolute atomic E-state index is 5.57. The minimum atomic E-state index is 0.682. The third kappa shape index (κ3) is 2.98. The molecule has 0 N–H and O–H groups in total. The molecule has 0 saturated carbocycles. The van der Waals surface area contributed by atoms with Gasteiger partial charge in [-0.05, 0) is 37.5 Å². The Hall–Kier alpha value is -1.50. The predicted octanol–water partition coefficient (Wildman–Crippen LogP) is 3.34. The molecule has 1 nitrogen and oxygen atoms in total. The van der Waals surface area contributed by atoms with Gasteiger partial charge < -0.3 is 4.74 Å². The van der Waals surface area contributed by atoms with E-state index in [2.05, 4.69) is 19.2 Å². The standard InChI is InChI=1S/C14H17O/c1-4-8-12-10-7-11-14(15-6-3)13(12)9-5-2/h4-5,7,11H,1-2,6,8-9H2,3H3. The summed E-state index contributed by atoms with van der Waals surface area (Å²) in [7, 11) is 0. The molecule has 0 spiro atoms. The summed E-state index contributed by atoms with van der Waals surface area (Å²) in [5, 5.41) is 0. The molecule has 1 aromatic carbocycles. The van der Waals surface area contributed by atoms with Crippen LogP contribution in [0.2, 0.25) is 0 Å². The largest absolute Gasteiger partial charge is 0.494 e. The van der Waals surface area contributed by atoms with Crippen LogP contribution in [0.25, 0.3) is 0 Å². The molecule has 1 radical (unpaired) electrons. The molecular formula is C14H17O. The number of benzene rings is 1. The summed E-state index contributed by atoms with van der Waals surface area (Å²) in [6.07, 6.45) is 5.41. The van der Waals surface area contributed by atoms with Gasteiger partial charge in [0.25, 0.3) is 0 Å². The molecule has 1 rings (SSSR count). The summed E-state index contributed by atoms with van der Waals surface area (Å²) >= 11 is 0. The Kier molecular flexibility index (Phi) is 4.69. The maximum Gasteiger partial charge on any atom is 0.123 e. The molecule has 0 fully saturated rings. The molecule has 1 aromatic rings. The highest BCUT2D eigenvalue weighted by Crippen LogP contribution is 2.23. The monoisotopic (exact) mass is 201 g/mol. The lowest BCUT2D eigenvalue weighted by Gasteiger charge is -2.12. The van der Waals surface area contributed by atoms with Crippen LogP contribution >= 0.6 is 0 Å². The van der Waals surface area contributed by atoms with Crippen LogP contribution in [-0.2, 0) is 12.8 Å². The molecule has 0 heterocycles. The van der Waals surface area contributed by atoms with Gasteiger partial charge in [0.2, 0.25) is 0 Å². The first-order chi connectivity index (χ1) is 7.33. The fraction of sp³-hybridized carbons (Fsp3) is 0.286. The SMILES string of the molecule is C=CCc1[c]ccc(OCC)c1CC=C. The number of ether oxygens (including phenoxy) is 1. The molecule has 0 amide bonds.